The Morgan fingerprint density at radius 3 is 2.59 bits per heavy atom. The minimum Gasteiger partial charge on any atom is -0.441 e. The van der Waals surface area contributed by atoms with E-state index in [9.17, 15) is 4.79 Å². The molecule has 32 heavy (non-hydrogen) atoms. The Hall–Kier alpha value is -2.11. The minimum atomic E-state index is -0.574. The topological polar surface area (TPSA) is 95.7 Å². The number of ether oxygens (including phenoxy) is 5. The number of nitrogens with zero attached hydrogens (tertiary/aromatic N) is 3. The Bertz CT molecular complexity index is 999. The molecule has 0 radical (unpaired) electrons. The predicted octanol–water partition coefficient (Wildman–Crippen LogP) is 3.11. The van der Waals surface area contributed by atoms with Gasteiger partial charge >= 0.3 is 6.09 Å². The van der Waals surface area contributed by atoms with Crippen LogP contribution in [-0.2, 0) is 23.7 Å². The summed E-state index contributed by atoms with van der Waals surface area (Å²) >= 11 is 6.91. The van der Waals surface area contributed by atoms with E-state index in [0.29, 0.717) is 61.3 Å². The van der Waals surface area contributed by atoms with Crippen LogP contribution in [-0.4, -0.2) is 76.1 Å². The maximum absolute atomic E-state index is 12.5. The summed E-state index contributed by atoms with van der Waals surface area (Å²) in [6.07, 6.45) is -1.40. The number of methoxy groups -OCH3 is 1. The van der Waals surface area contributed by atoms with Gasteiger partial charge in [-0.25, -0.2) is 4.79 Å². The van der Waals surface area contributed by atoms with Crippen molar-refractivity contribution in [2.45, 2.75) is 38.4 Å². The molecular formula is C21H26ClN3O7. The normalized spacial score (nSPS) is 27.0. The summed E-state index contributed by atoms with van der Waals surface area (Å²) in [7, 11) is 1.56. The average molecular weight is 468 g/mol. The Labute approximate surface area is 190 Å². The Morgan fingerprint density at radius 1 is 1.19 bits per heavy atom. The van der Waals surface area contributed by atoms with Crippen LogP contribution in [0.2, 0.25) is 5.02 Å². The highest BCUT2D eigenvalue weighted by molar-refractivity contribution is 6.38. The quantitative estimate of drug-likeness (QED) is 0.657. The summed E-state index contributed by atoms with van der Waals surface area (Å²) < 4.78 is 33.7. The van der Waals surface area contributed by atoms with Crippen LogP contribution in [0.4, 0.5) is 16.3 Å². The van der Waals surface area contributed by atoms with Gasteiger partial charge in [0.2, 0.25) is 0 Å². The molecule has 0 aliphatic carbocycles. The van der Waals surface area contributed by atoms with E-state index in [1.165, 1.54) is 4.90 Å². The molecule has 2 aromatic rings. The molecule has 0 saturated carbocycles. The Morgan fingerprint density at radius 2 is 1.91 bits per heavy atom. The van der Waals surface area contributed by atoms with Crippen LogP contribution in [0.25, 0.3) is 11.0 Å². The second-order valence-corrected chi connectivity index (χ2v) is 8.70. The first kappa shape index (κ1) is 21.7. The number of benzene rings is 1. The van der Waals surface area contributed by atoms with Crippen molar-refractivity contribution in [3.63, 3.8) is 0 Å². The number of cyclic esters (lactones) is 1. The molecule has 0 bridgehead atoms. The molecule has 0 N–H and O–H groups in total. The fourth-order valence-corrected chi connectivity index (χ4v) is 4.96. The van der Waals surface area contributed by atoms with Gasteiger partial charge in [-0.1, -0.05) is 16.8 Å². The van der Waals surface area contributed by atoms with Gasteiger partial charge < -0.3 is 33.1 Å². The van der Waals surface area contributed by atoms with E-state index in [1.54, 1.807) is 7.11 Å². The summed E-state index contributed by atoms with van der Waals surface area (Å²) in [5.41, 5.74) is 1.94. The number of rotatable bonds is 5. The smallest absolute Gasteiger partial charge is 0.416 e. The summed E-state index contributed by atoms with van der Waals surface area (Å²) in [6.45, 7) is 6.95. The van der Waals surface area contributed by atoms with Crippen LogP contribution < -0.4 is 9.80 Å². The lowest BCUT2D eigenvalue weighted by Gasteiger charge is -2.38. The minimum absolute atomic E-state index is 0.0335. The second-order valence-electron chi connectivity index (χ2n) is 8.32. The second kappa shape index (κ2) is 8.68. The third-order valence-electron chi connectivity index (χ3n) is 5.78. The van der Waals surface area contributed by atoms with Crippen molar-refractivity contribution in [1.82, 2.24) is 5.16 Å². The monoisotopic (exact) mass is 467 g/mol. The van der Waals surface area contributed by atoms with Gasteiger partial charge in [0.25, 0.3) is 0 Å². The summed E-state index contributed by atoms with van der Waals surface area (Å²) in [5, 5.41) is 5.16. The highest BCUT2D eigenvalue weighted by Gasteiger charge is 2.38. The zero-order chi connectivity index (χ0) is 22.4. The van der Waals surface area contributed by atoms with E-state index in [2.05, 4.69) is 10.1 Å². The maximum atomic E-state index is 12.5. The van der Waals surface area contributed by atoms with E-state index in [0.717, 1.165) is 11.3 Å². The molecule has 3 saturated heterocycles. The predicted molar refractivity (Wildman–Crippen MR) is 115 cm³/mol. The van der Waals surface area contributed by atoms with Crippen molar-refractivity contribution in [3.8, 4) is 0 Å². The first-order valence-electron chi connectivity index (χ1n) is 10.7. The molecule has 1 aromatic heterocycles. The first-order valence-corrected chi connectivity index (χ1v) is 11.1. The van der Waals surface area contributed by atoms with Crippen LogP contribution in [0.15, 0.2) is 10.6 Å². The lowest BCUT2D eigenvalue weighted by Crippen LogP contribution is -2.46. The average Bonchev–Trinajstić information content (AvgIpc) is 3.47. The van der Waals surface area contributed by atoms with Crippen molar-refractivity contribution in [2.75, 3.05) is 56.4 Å². The van der Waals surface area contributed by atoms with E-state index in [1.807, 2.05) is 19.9 Å². The lowest BCUT2D eigenvalue weighted by atomic mass is 10.1. The highest BCUT2D eigenvalue weighted by atomic mass is 35.5. The van der Waals surface area contributed by atoms with Gasteiger partial charge in [0, 0.05) is 25.8 Å². The maximum Gasteiger partial charge on any atom is 0.416 e. The fourth-order valence-electron chi connectivity index (χ4n) is 4.60. The zero-order valence-electron chi connectivity index (χ0n) is 18.2. The molecule has 5 rings (SSSR count). The van der Waals surface area contributed by atoms with Crippen molar-refractivity contribution in [1.29, 1.82) is 0 Å². The number of hydrogen-bond donors (Lipinski definition) is 0. The van der Waals surface area contributed by atoms with Gasteiger partial charge in [0.15, 0.2) is 17.7 Å². The number of halogens is 1. The van der Waals surface area contributed by atoms with Crippen LogP contribution in [0.1, 0.15) is 25.7 Å². The van der Waals surface area contributed by atoms with Crippen molar-refractivity contribution < 1.29 is 33.0 Å². The number of anilines is 2. The first-order chi connectivity index (χ1) is 15.5. The van der Waals surface area contributed by atoms with E-state index in [-0.39, 0.29) is 18.3 Å². The van der Waals surface area contributed by atoms with E-state index < -0.39 is 12.4 Å². The summed E-state index contributed by atoms with van der Waals surface area (Å²) in [6, 6.07) is 1.89. The number of carbonyl (C=O) groups is 1. The summed E-state index contributed by atoms with van der Waals surface area (Å²) in [4.78, 5) is 16.1. The molecule has 11 heteroatoms. The van der Waals surface area contributed by atoms with Crippen molar-refractivity contribution in [2.24, 2.45) is 0 Å². The molecule has 10 nitrogen and oxygen atoms in total. The van der Waals surface area contributed by atoms with Crippen molar-refractivity contribution in [3.05, 3.63) is 16.7 Å². The molecule has 3 atom stereocenters. The van der Waals surface area contributed by atoms with Crippen LogP contribution in [0.3, 0.4) is 0 Å². The highest BCUT2D eigenvalue weighted by Crippen LogP contribution is 2.45. The van der Waals surface area contributed by atoms with Crippen LogP contribution >= 0.6 is 11.6 Å². The standard InChI is InChI=1S/C21H26ClN3O7/c1-11-7-24(8-12(2)30-11)17-14(20-28-4-5-29-20)6-15-18(16(17)22)32-23-19(15)25-9-13(10-27-3)31-21(25)26/h6,11-13,20H,4-5,7-10H2,1-3H3. The third kappa shape index (κ3) is 3.80. The van der Waals surface area contributed by atoms with Gasteiger partial charge in [-0.3, -0.25) is 4.90 Å². The Kier molecular flexibility index (Phi) is 5.89. The molecule has 0 spiro atoms. The molecular weight excluding hydrogens is 442 g/mol. The fraction of sp³-hybridized carbons (Fsp3) is 0.619. The van der Waals surface area contributed by atoms with Gasteiger partial charge in [0.1, 0.15) is 11.1 Å². The molecule has 3 fully saturated rings. The van der Waals surface area contributed by atoms with Crippen molar-refractivity contribution >= 4 is 40.2 Å². The molecule has 3 unspecified atom stereocenters. The van der Waals surface area contributed by atoms with Crippen LogP contribution in [0.5, 0.6) is 0 Å². The van der Waals surface area contributed by atoms with Crippen LogP contribution in [0, 0.1) is 0 Å². The number of aromatic nitrogens is 1. The molecule has 3 aliphatic heterocycles. The van der Waals surface area contributed by atoms with Gasteiger partial charge in [0.05, 0.1) is 49.6 Å². The molecule has 1 aromatic carbocycles. The van der Waals surface area contributed by atoms with Gasteiger partial charge in [-0.05, 0) is 19.9 Å². The zero-order valence-corrected chi connectivity index (χ0v) is 19.0. The van der Waals surface area contributed by atoms with E-state index in [4.69, 9.17) is 39.8 Å². The Balaban J connectivity index is 1.60. The number of hydrogen-bond acceptors (Lipinski definition) is 9. The summed E-state index contributed by atoms with van der Waals surface area (Å²) in [5.74, 6) is 0.347. The lowest BCUT2D eigenvalue weighted by molar-refractivity contribution is -0.0443. The number of morpholine rings is 1. The SMILES string of the molecule is COCC1CN(c2noc3c(Cl)c(N4CC(C)OC(C)C4)c(C4OCCO4)cc23)C(=O)O1. The largest absolute Gasteiger partial charge is 0.441 e. The van der Waals surface area contributed by atoms with Gasteiger partial charge in [-0.2, -0.15) is 0 Å². The molecule has 1 amide bonds. The molecule has 174 valence electrons. The number of fused-ring (bicyclic) bond motifs is 1. The molecule has 4 heterocycles. The van der Waals surface area contributed by atoms with Gasteiger partial charge in [-0.15, -0.1) is 0 Å². The number of amides is 1. The van der Waals surface area contributed by atoms with E-state index >= 15 is 0 Å². The molecule has 3 aliphatic rings. The number of carbonyl (C=O) groups excluding carboxylic acids is 1. The third-order valence-corrected chi connectivity index (χ3v) is 6.13.